The van der Waals surface area contributed by atoms with E-state index in [2.05, 4.69) is 10.3 Å². The summed E-state index contributed by atoms with van der Waals surface area (Å²) in [6.07, 6.45) is 0.991. The summed E-state index contributed by atoms with van der Waals surface area (Å²) >= 11 is 0. The van der Waals surface area contributed by atoms with Crippen molar-refractivity contribution in [2.75, 3.05) is 6.54 Å². The molecule has 1 aromatic heterocycles. The largest absolute Gasteiger partial charge is 0.307 e. The lowest BCUT2D eigenvalue weighted by atomic mass is 10.3. The molecule has 0 aromatic carbocycles. The van der Waals surface area contributed by atoms with Crippen LogP contribution >= 0.6 is 0 Å². The first-order chi connectivity index (χ1) is 5.79. The van der Waals surface area contributed by atoms with Crippen molar-refractivity contribution >= 4 is 0 Å². The number of halogens is 2. The summed E-state index contributed by atoms with van der Waals surface area (Å²) < 4.78 is 23.3. The number of nitrogens with one attached hydrogen (secondary N) is 1. The van der Waals surface area contributed by atoms with Gasteiger partial charge in [-0.3, -0.25) is 4.98 Å². The lowest BCUT2D eigenvalue weighted by Crippen LogP contribution is -2.20. The predicted molar refractivity (Wildman–Crippen MR) is 41.9 cm³/mol. The van der Waals surface area contributed by atoms with Crippen molar-refractivity contribution in [1.29, 1.82) is 0 Å². The Hall–Kier alpha value is -1.03. The number of alkyl halides is 2. The molecule has 0 bridgehead atoms. The van der Waals surface area contributed by atoms with Crippen LogP contribution in [0.15, 0.2) is 24.5 Å². The van der Waals surface area contributed by atoms with E-state index in [-0.39, 0.29) is 6.54 Å². The van der Waals surface area contributed by atoms with Crippen LogP contribution in [0.5, 0.6) is 0 Å². The summed E-state index contributed by atoms with van der Waals surface area (Å²) in [5.74, 6) is 0. The van der Waals surface area contributed by atoms with Crippen LogP contribution in [0, 0.1) is 0 Å². The van der Waals surface area contributed by atoms with Crippen molar-refractivity contribution < 1.29 is 8.78 Å². The van der Waals surface area contributed by atoms with Gasteiger partial charge in [0, 0.05) is 18.9 Å². The highest BCUT2D eigenvalue weighted by Gasteiger charge is 1.99. The summed E-state index contributed by atoms with van der Waals surface area (Å²) in [4.78, 5) is 3.81. The van der Waals surface area contributed by atoms with Crippen molar-refractivity contribution in [3.05, 3.63) is 30.1 Å². The number of rotatable bonds is 4. The lowest BCUT2D eigenvalue weighted by Gasteiger charge is -2.02. The zero-order valence-corrected chi connectivity index (χ0v) is 6.50. The molecule has 12 heavy (non-hydrogen) atoms. The SMILES string of the molecule is FC(F)CNCc1ccncc1. The molecule has 0 fully saturated rings. The van der Waals surface area contributed by atoms with Gasteiger partial charge >= 0.3 is 0 Å². The first-order valence-corrected chi connectivity index (χ1v) is 3.67. The number of hydrogen-bond donors (Lipinski definition) is 1. The van der Waals surface area contributed by atoms with E-state index in [0.717, 1.165) is 5.56 Å². The topological polar surface area (TPSA) is 24.9 Å². The molecule has 0 aliphatic carbocycles. The normalized spacial score (nSPS) is 10.6. The van der Waals surface area contributed by atoms with Crippen LogP contribution in [0.4, 0.5) is 8.78 Å². The second-order valence-corrected chi connectivity index (χ2v) is 2.38. The number of nitrogens with zero attached hydrogens (tertiary/aromatic N) is 1. The van der Waals surface area contributed by atoms with Gasteiger partial charge in [-0.05, 0) is 17.7 Å². The predicted octanol–water partition coefficient (Wildman–Crippen LogP) is 1.44. The van der Waals surface area contributed by atoms with E-state index in [1.165, 1.54) is 0 Å². The maximum atomic E-state index is 11.7. The summed E-state index contributed by atoms with van der Waals surface area (Å²) in [5, 5.41) is 2.62. The molecule has 0 spiro atoms. The van der Waals surface area contributed by atoms with Gasteiger partial charge in [0.1, 0.15) is 0 Å². The molecular formula is C8H10F2N2. The van der Waals surface area contributed by atoms with Gasteiger partial charge in [0.25, 0.3) is 6.43 Å². The Balaban J connectivity index is 2.25. The Labute approximate surface area is 69.6 Å². The monoisotopic (exact) mass is 172 g/mol. The fourth-order valence-electron chi connectivity index (χ4n) is 0.826. The van der Waals surface area contributed by atoms with E-state index in [1.807, 2.05) is 0 Å². The maximum Gasteiger partial charge on any atom is 0.250 e. The molecule has 1 N–H and O–H groups in total. The number of pyridine rings is 1. The van der Waals surface area contributed by atoms with Gasteiger partial charge in [-0.2, -0.15) is 0 Å². The molecule has 0 saturated heterocycles. The highest BCUT2D eigenvalue weighted by atomic mass is 19.3. The molecule has 0 radical (unpaired) electrons. The van der Waals surface area contributed by atoms with Crippen LogP contribution in [-0.2, 0) is 6.54 Å². The van der Waals surface area contributed by atoms with Gasteiger partial charge in [-0.15, -0.1) is 0 Å². The summed E-state index contributed by atoms with van der Waals surface area (Å²) in [6, 6.07) is 3.58. The molecule has 1 aromatic rings. The van der Waals surface area contributed by atoms with E-state index < -0.39 is 6.43 Å². The molecule has 66 valence electrons. The third-order valence-electron chi connectivity index (χ3n) is 1.38. The van der Waals surface area contributed by atoms with Gasteiger partial charge < -0.3 is 5.32 Å². The summed E-state index contributed by atoms with van der Waals surface area (Å²) in [7, 11) is 0. The van der Waals surface area contributed by atoms with E-state index in [4.69, 9.17) is 0 Å². The fraction of sp³-hybridized carbons (Fsp3) is 0.375. The third-order valence-corrected chi connectivity index (χ3v) is 1.38. The average molecular weight is 172 g/mol. The van der Waals surface area contributed by atoms with E-state index >= 15 is 0 Å². The molecule has 1 rings (SSSR count). The number of hydrogen-bond acceptors (Lipinski definition) is 2. The summed E-state index contributed by atoms with van der Waals surface area (Å²) in [6.45, 7) is 0.204. The van der Waals surface area contributed by atoms with Gasteiger partial charge in [-0.25, -0.2) is 8.78 Å². The molecule has 0 atom stereocenters. The Morgan fingerprint density at radius 2 is 2.00 bits per heavy atom. The smallest absolute Gasteiger partial charge is 0.250 e. The van der Waals surface area contributed by atoms with Crippen molar-refractivity contribution in [3.63, 3.8) is 0 Å². The van der Waals surface area contributed by atoms with Gasteiger partial charge in [0.15, 0.2) is 0 Å². The Kier molecular flexibility index (Phi) is 3.60. The highest BCUT2D eigenvalue weighted by molar-refractivity contribution is 5.08. The minimum Gasteiger partial charge on any atom is -0.307 e. The Bertz CT molecular complexity index is 214. The second kappa shape index (κ2) is 4.77. The zero-order valence-electron chi connectivity index (χ0n) is 6.50. The van der Waals surface area contributed by atoms with Crippen molar-refractivity contribution in [1.82, 2.24) is 10.3 Å². The molecule has 0 unspecified atom stereocenters. The first kappa shape index (κ1) is 9.06. The molecule has 0 saturated carbocycles. The van der Waals surface area contributed by atoms with Crippen LogP contribution in [0.25, 0.3) is 0 Å². The van der Waals surface area contributed by atoms with Crippen LogP contribution in [0.1, 0.15) is 5.56 Å². The zero-order chi connectivity index (χ0) is 8.81. The molecule has 0 aliphatic heterocycles. The third kappa shape index (κ3) is 3.39. The Morgan fingerprint density at radius 1 is 1.33 bits per heavy atom. The van der Waals surface area contributed by atoms with Crippen LogP contribution < -0.4 is 5.32 Å². The molecule has 2 nitrogen and oxygen atoms in total. The quantitative estimate of drug-likeness (QED) is 0.743. The maximum absolute atomic E-state index is 11.7. The van der Waals surface area contributed by atoms with E-state index in [9.17, 15) is 8.78 Å². The summed E-state index contributed by atoms with van der Waals surface area (Å²) in [5.41, 5.74) is 0.964. The van der Waals surface area contributed by atoms with E-state index in [0.29, 0.717) is 6.54 Å². The van der Waals surface area contributed by atoms with Crippen molar-refractivity contribution in [2.24, 2.45) is 0 Å². The van der Waals surface area contributed by atoms with Crippen LogP contribution in [0.3, 0.4) is 0 Å². The molecule has 0 amide bonds. The van der Waals surface area contributed by atoms with Gasteiger partial charge in [0.05, 0.1) is 6.54 Å². The van der Waals surface area contributed by atoms with Crippen LogP contribution in [-0.4, -0.2) is 18.0 Å². The molecule has 0 aliphatic rings. The molecule has 1 heterocycles. The minimum absolute atomic E-state index is 0.262. The lowest BCUT2D eigenvalue weighted by molar-refractivity contribution is 0.145. The second-order valence-electron chi connectivity index (χ2n) is 2.38. The molecular weight excluding hydrogens is 162 g/mol. The number of aromatic nitrogens is 1. The average Bonchev–Trinajstić information content (AvgIpc) is 2.05. The highest BCUT2D eigenvalue weighted by Crippen LogP contribution is 1.95. The van der Waals surface area contributed by atoms with E-state index in [1.54, 1.807) is 24.5 Å². The molecule has 4 heteroatoms. The van der Waals surface area contributed by atoms with Crippen molar-refractivity contribution in [2.45, 2.75) is 13.0 Å². The minimum atomic E-state index is -2.29. The van der Waals surface area contributed by atoms with Gasteiger partial charge in [0.2, 0.25) is 0 Å². The standard InChI is InChI=1S/C8H10F2N2/c9-8(10)6-12-5-7-1-3-11-4-2-7/h1-4,8,12H,5-6H2. The Morgan fingerprint density at radius 3 is 2.58 bits per heavy atom. The van der Waals surface area contributed by atoms with Gasteiger partial charge in [-0.1, -0.05) is 0 Å². The van der Waals surface area contributed by atoms with Crippen LogP contribution in [0.2, 0.25) is 0 Å². The van der Waals surface area contributed by atoms with Crippen molar-refractivity contribution in [3.8, 4) is 0 Å². The first-order valence-electron chi connectivity index (χ1n) is 3.67. The fourth-order valence-corrected chi connectivity index (χ4v) is 0.826.